The number of nitrogens with two attached hydrogens (primary N) is 1. The summed E-state index contributed by atoms with van der Waals surface area (Å²) in [5.41, 5.74) is 5.85. The zero-order chi connectivity index (χ0) is 13.9. The summed E-state index contributed by atoms with van der Waals surface area (Å²) in [5, 5.41) is 0. The van der Waals surface area contributed by atoms with Gasteiger partial charge in [-0.15, -0.1) is 0 Å². The minimum absolute atomic E-state index is 0.0626. The third kappa shape index (κ3) is 2.99. The number of carbonyl (C=O) groups is 1. The Labute approximate surface area is 117 Å². The third-order valence-electron chi connectivity index (χ3n) is 2.68. The van der Waals surface area contributed by atoms with Gasteiger partial charge in [-0.05, 0) is 30.0 Å². The fraction of sp³-hybridized carbons (Fsp3) is 0.417. The summed E-state index contributed by atoms with van der Waals surface area (Å²) in [6, 6.07) is 6.79. The van der Waals surface area contributed by atoms with Gasteiger partial charge in [0.05, 0.1) is 0 Å². The molecular formula is C12H16BrNO3S. The first-order valence-electron chi connectivity index (χ1n) is 5.47. The third-order valence-corrected chi connectivity index (χ3v) is 4.38. The van der Waals surface area contributed by atoms with Gasteiger partial charge in [-0.1, -0.05) is 41.9 Å². The summed E-state index contributed by atoms with van der Waals surface area (Å²) >= 11 is 0.919. The van der Waals surface area contributed by atoms with E-state index in [0.29, 0.717) is 5.56 Å². The minimum Gasteiger partial charge on any atom is -0.368 e. The molecule has 0 bridgehead atoms. The number of carbonyl (C=O) groups excluding carboxylic acids is 1. The Hall–Kier alpha value is -0.720. The lowest BCUT2D eigenvalue weighted by atomic mass is 9.88. The predicted octanol–water partition coefficient (Wildman–Crippen LogP) is 2.40. The highest BCUT2D eigenvalue weighted by Gasteiger charge is 2.45. The van der Waals surface area contributed by atoms with E-state index in [4.69, 9.17) is 5.73 Å². The molecule has 1 amide bonds. The molecule has 0 aliphatic carbocycles. The number of hydrogen-bond donors (Lipinski definition) is 2. The van der Waals surface area contributed by atoms with Gasteiger partial charge < -0.3 is 10.3 Å². The number of amides is 1. The Morgan fingerprint density at radius 1 is 1.56 bits per heavy atom. The fourth-order valence-electron chi connectivity index (χ4n) is 1.93. The van der Waals surface area contributed by atoms with Crippen molar-refractivity contribution in [3.05, 3.63) is 34.3 Å². The second-order valence-corrected chi connectivity index (χ2v) is 6.66. The molecule has 2 atom stereocenters. The van der Waals surface area contributed by atoms with Gasteiger partial charge in [-0.2, -0.15) is 0 Å². The number of halogens is 1. The lowest BCUT2D eigenvalue weighted by molar-refractivity contribution is -0.121. The largest absolute Gasteiger partial charge is 0.368 e. The first-order chi connectivity index (χ1) is 8.30. The first kappa shape index (κ1) is 15.3. The van der Waals surface area contributed by atoms with Crippen molar-refractivity contribution in [3.63, 3.8) is 0 Å². The van der Waals surface area contributed by atoms with Gasteiger partial charge in [0.2, 0.25) is 5.91 Å². The van der Waals surface area contributed by atoms with E-state index < -0.39 is 21.7 Å². The van der Waals surface area contributed by atoms with E-state index in [9.17, 15) is 13.6 Å². The SMILES string of the molecule is CC(C)CC(C(N)=O)(c1cccc(Br)c1)S(=O)O. The van der Waals surface area contributed by atoms with Crippen LogP contribution >= 0.6 is 15.9 Å². The zero-order valence-electron chi connectivity index (χ0n) is 10.2. The summed E-state index contributed by atoms with van der Waals surface area (Å²) in [7, 11) is 0. The lowest BCUT2D eigenvalue weighted by Crippen LogP contribution is -2.45. The van der Waals surface area contributed by atoms with Crippen LogP contribution in [0.5, 0.6) is 0 Å². The van der Waals surface area contributed by atoms with Crippen LogP contribution in [0.15, 0.2) is 28.7 Å². The molecule has 100 valence electrons. The highest BCUT2D eigenvalue weighted by molar-refractivity contribution is 9.10. The van der Waals surface area contributed by atoms with Crippen molar-refractivity contribution in [2.24, 2.45) is 11.7 Å². The Balaban J connectivity index is 3.43. The first-order valence-corrected chi connectivity index (χ1v) is 7.37. The zero-order valence-corrected chi connectivity index (χ0v) is 12.6. The van der Waals surface area contributed by atoms with Gasteiger partial charge in [0.25, 0.3) is 0 Å². The fourth-order valence-corrected chi connectivity index (χ4v) is 3.31. The summed E-state index contributed by atoms with van der Waals surface area (Å²) in [5.74, 6) is -0.720. The van der Waals surface area contributed by atoms with Crippen LogP contribution in [0.3, 0.4) is 0 Å². The quantitative estimate of drug-likeness (QED) is 0.812. The molecule has 0 aliphatic rings. The molecule has 1 aromatic rings. The van der Waals surface area contributed by atoms with Crippen molar-refractivity contribution in [2.75, 3.05) is 0 Å². The molecule has 4 nitrogen and oxygen atoms in total. The molecule has 0 spiro atoms. The van der Waals surface area contributed by atoms with E-state index in [1.807, 2.05) is 13.8 Å². The Kier molecular flexibility index (Phi) is 5.07. The van der Waals surface area contributed by atoms with Crippen LogP contribution < -0.4 is 5.73 Å². The van der Waals surface area contributed by atoms with E-state index in [1.54, 1.807) is 24.3 Å². The average Bonchev–Trinajstić information content (AvgIpc) is 2.24. The summed E-state index contributed by atoms with van der Waals surface area (Å²) in [6.07, 6.45) is 0.224. The van der Waals surface area contributed by atoms with E-state index in [2.05, 4.69) is 15.9 Å². The number of hydrogen-bond acceptors (Lipinski definition) is 2. The minimum atomic E-state index is -2.37. The van der Waals surface area contributed by atoms with Crippen LogP contribution in [-0.4, -0.2) is 14.7 Å². The van der Waals surface area contributed by atoms with Crippen molar-refractivity contribution in [1.82, 2.24) is 0 Å². The van der Waals surface area contributed by atoms with E-state index in [0.717, 1.165) is 4.47 Å². The molecule has 0 heterocycles. The molecule has 0 aromatic heterocycles. The van der Waals surface area contributed by atoms with Crippen molar-refractivity contribution < 1.29 is 13.6 Å². The maximum absolute atomic E-state index is 11.8. The average molecular weight is 334 g/mol. The molecule has 0 aliphatic heterocycles. The normalized spacial score (nSPS) is 16.3. The Bertz CT molecular complexity index is 462. The molecular weight excluding hydrogens is 318 g/mol. The second-order valence-electron chi connectivity index (χ2n) is 4.55. The van der Waals surface area contributed by atoms with E-state index in [-0.39, 0.29) is 12.3 Å². The molecule has 1 rings (SSSR count). The Morgan fingerprint density at radius 2 is 2.17 bits per heavy atom. The molecule has 3 N–H and O–H groups in total. The smallest absolute Gasteiger partial charge is 0.243 e. The maximum atomic E-state index is 11.8. The molecule has 6 heteroatoms. The van der Waals surface area contributed by atoms with Crippen LogP contribution in [0.25, 0.3) is 0 Å². The van der Waals surface area contributed by atoms with Crippen LogP contribution in [0, 0.1) is 5.92 Å². The van der Waals surface area contributed by atoms with E-state index >= 15 is 0 Å². The number of benzene rings is 1. The molecule has 0 saturated heterocycles. The lowest BCUT2D eigenvalue weighted by Gasteiger charge is -2.29. The van der Waals surface area contributed by atoms with Crippen molar-refractivity contribution in [1.29, 1.82) is 0 Å². The van der Waals surface area contributed by atoms with Crippen LogP contribution in [-0.2, 0) is 20.6 Å². The topological polar surface area (TPSA) is 80.4 Å². The molecule has 1 aromatic carbocycles. The molecule has 0 saturated carbocycles. The van der Waals surface area contributed by atoms with Crippen molar-refractivity contribution >= 4 is 32.9 Å². The second kappa shape index (κ2) is 5.95. The highest BCUT2D eigenvalue weighted by atomic mass is 79.9. The maximum Gasteiger partial charge on any atom is 0.243 e. The van der Waals surface area contributed by atoms with Gasteiger partial charge in [0.1, 0.15) is 0 Å². The van der Waals surface area contributed by atoms with Gasteiger partial charge in [0.15, 0.2) is 15.8 Å². The standard InChI is InChI=1S/C12H16BrNO3S/c1-8(2)7-12(11(14)15,18(16)17)9-4-3-5-10(13)6-9/h3-6,8H,7H2,1-2H3,(H2,14,15)(H,16,17). The van der Waals surface area contributed by atoms with Gasteiger partial charge >= 0.3 is 0 Å². The van der Waals surface area contributed by atoms with Gasteiger partial charge in [0, 0.05) is 4.47 Å². The molecule has 18 heavy (non-hydrogen) atoms. The van der Waals surface area contributed by atoms with E-state index in [1.165, 1.54) is 0 Å². The highest BCUT2D eigenvalue weighted by Crippen LogP contribution is 2.35. The van der Waals surface area contributed by atoms with Gasteiger partial charge in [-0.3, -0.25) is 4.79 Å². The monoisotopic (exact) mass is 333 g/mol. The number of primary amides is 1. The van der Waals surface area contributed by atoms with Crippen molar-refractivity contribution in [3.8, 4) is 0 Å². The molecule has 0 radical (unpaired) electrons. The summed E-state index contributed by atoms with van der Waals surface area (Å²) in [6.45, 7) is 3.76. The predicted molar refractivity (Wildman–Crippen MR) is 75.2 cm³/mol. The van der Waals surface area contributed by atoms with Crippen molar-refractivity contribution in [2.45, 2.75) is 25.0 Å². The Morgan fingerprint density at radius 3 is 2.56 bits per heavy atom. The number of rotatable bonds is 5. The van der Waals surface area contributed by atoms with Gasteiger partial charge in [-0.25, -0.2) is 4.21 Å². The van der Waals surface area contributed by atoms with Crippen LogP contribution in [0.1, 0.15) is 25.8 Å². The summed E-state index contributed by atoms with van der Waals surface area (Å²) < 4.78 is 20.5. The summed E-state index contributed by atoms with van der Waals surface area (Å²) in [4.78, 5) is 11.8. The molecule has 0 fully saturated rings. The van der Waals surface area contributed by atoms with Crippen LogP contribution in [0.4, 0.5) is 0 Å². The van der Waals surface area contributed by atoms with Crippen LogP contribution in [0.2, 0.25) is 0 Å². The molecule has 2 unspecified atom stereocenters.